The van der Waals surface area contributed by atoms with E-state index in [4.69, 9.17) is 5.11 Å². The molecule has 0 spiro atoms. The lowest BCUT2D eigenvalue weighted by atomic mass is 9.96. The van der Waals surface area contributed by atoms with Crippen molar-refractivity contribution in [3.05, 3.63) is 36.0 Å². The highest BCUT2D eigenvalue weighted by Crippen LogP contribution is 2.38. The Morgan fingerprint density at radius 2 is 2.00 bits per heavy atom. The van der Waals surface area contributed by atoms with Crippen molar-refractivity contribution < 1.29 is 19.8 Å². The Balaban J connectivity index is 2.16. The number of carboxylic acids is 2. The van der Waals surface area contributed by atoms with E-state index in [0.717, 1.165) is 16.5 Å². The molecular formula is C15H14N2O4S. The summed E-state index contributed by atoms with van der Waals surface area (Å²) in [5.74, 6) is -2.55. The molecule has 1 aliphatic rings. The lowest BCUT2D eigenvalue weighted by Crippen LogP contribution is -2.20. The molecule has 6 nitrogen and oxygen atoms in total. The Bertz CT molecular complexity index is 727. The first-order chi connectivity index (χ1) is 10.6. The minimum atomic E-state index is -1.14. The van der Waals surface area contributed by atoms with E-state index in [-0.39, 0.29) is 0 Å². The molecule has 1 unspecified atom stereocenters. The minimum Gasteiger partial charge on any atom is -0.481 e. The predicted octanol–water partition coefficient (Wildman–Crippen LogP) is 2.30. The second-order valence-corrected chi connectivity index (χ2v) is 6.05. The quantitative estimate of drug-likeness (QED) is 0.879. The number of hydrogen-bond donors (Lipinski definition) is 2. The molecule has 1 aliphatic heterocycles. The Morgan fingerprint density at radius 1 is 1.27 bits per heavy atom. The van der Waals surface area contributed by atoms with Crippen LogP contribution in [0.3, 0.4) is 0 Å². The van der Waals surface area contributed by atoms with E-state index in [0.29, 0.717) is 17.9 Å². The first kappa shape index (κ1) is 14.6. The summed E-state index contributed by atoms with van der Waals surface area (Å²) in [4.78, 5) is 27.2. The van der Waals surface area contributed by atoms with Gasteiger partial charge in [-0.15, -0.1) is 0 Å². The molecule has 0 bridgehead atoms. The van der Waals surface area contributed by atoms with Gasteiger partial charge in [0.1, 0.15) is 5.92 Å². The molecule has 22 heavy (non-hydrogen) atoms. The molecular weight excluding hydrogens is 304 g/mol. The highest BCUT2D eigenvalue weighted by Gasteiger charge is 2.33. The minimum absolute atomic E-state index is 0.453. The van der Waals surface area contributed by atoms with Crippen LogP contribution in [0.4, 0.5) is 0 Å². The molecule has 2 heterocycles. The van der Waals surface area contributed by atoms with Gasteiger partial charge in [0.05, 0.1) is 17.8 Å². The highest BCUT2D eigenvalue weighted by molar-refractivity contribution is 7.99. The Morgan fingerprint density at radius 3 is 2.64 bits per heavy atom. The van der Waals surface area contributed by atoms with Crippen molar-refractivity contribution in [2.24, 2.45) is 0 Å². The third-order valence-corrected chi connectivity index (χ3v) is 4.53. The van der Waals surface area contributed by atoms with E-state index < -0.39 is 24.3 Å². The number of carboxylic acid groups (broad SMARTS) is 2. The van der Waals surface area contributed by atoms with Crippen molar-refractivity contribution in [1.29, 1.82) is 0 Å². The lowest BCUT2D eigenvalue weighted by molar-refractivity contribution is -0.145. The number of carbonyl (C=O) groups is 2. The molecule has 7 heteroatoms. The highest BCUT2D eigenvalue weighted by atomic mass is 32.2. The molecule has 0 aliphatic carbocycles. The number of imidazole rings is 1. The molecule has 0 fully saturated rings. The maximum absolute atomic E-state index is 11.6. The fourth-order valence-corrected chi connectivity index (χ4v) is 3.59. The van der Waals surface area contributed by atoms with E-state index in [1.54, 1.807) is 11.8 Å². The van der Waals surface area contributed by atoms with Crippen LogP contribution in [0.25, 0.3) is 11.3 Å². The van der Waals surface area contributed by atoms with Crippen molar-refractivity contribution >= 4 is 23.7 Å². The maximum Gasteiger partial charge on any atom is 0.313 e. The molecule has 114 valence electrons. The predicted molar refractivity (Wildman–Crippen MR) is 81.0 cm³/mol. The van der Waals surface area contributed by atoms with Gasteiger partial charge >= 0.3 is 11.9 Å². The van der Waals surface area contributed by atoms with Crippen LogP contribution in [0, 0.1) is 0 Å². The van der Waals surface area contributed by atoms with Crippen LogP contribution in [-0.4, -0.2) is 37.5 Å². The zero-order valence-corrected chi connectivity index (χ0v) is 12.4. The van der Waals surface area contributed by atoms with Gasteiger partial charge in [-0.3, -0.25) is 9.59 Å². The van der Waals surface area contributed by atoms with Gasteiger partial charge in [0, 0.05) is 17.9 Å². The average molecular weight is 318 g/mol. The first-order valence-corrected chi connectivity index (χ1v) is 7.79. The maximum atomic E-state index is 11.6. The van der Waals surface area contributed by atoms with E-state index in [9.17, 15) is 14.7 Å². The molecule has 3 rings (SSSR count). The summed E-state index contributed by atoms with van der Waals surface area (Å²) >= 11 is 1.56. The summed E-state index contributed by atoms with van der Waals surface area (Å²) in [5.41, 5.74) is 1.86. The fraction of sp³-hybridized carbons (Fsp3) is 0.267. The van der Waals surface area contributed by atoms with Gasteiger partial charge in [0.15, 0.2) is 5.16 Å². The summed E-state index contributed by atoms with van der Waals surface area (Å²) in [6, 6.07) is 9.28. The summed E-state index contributed by atoms with van der Waals surface area (Å²) in [7, 11) is 0. The van der Waals surface area contributed by atoms with Crippen molar-refractivity contribution in [3.63, 3.8) is 0 Å². The third kappa shape index (κ3) is 2.59. The zero-order chi connectivity index (χ0) is 15.7. The van der Waals surface area contributed by atoms with Gasteiger partial charge in [0.25, 0.3) is 0 Å². The first-order valence-electron chi connectivity index (χ1n) is 6.81. The van der Waals surface area contributed by atoms with Crippen LogP contribution in [-0.2, 0) is 16.1 Å². The molecule has 1 aromatic heterocycles. The third-order valence-electron chi connectivity index (χ3n) is 3.57. The molecule has 0 radical (unpaired) electrons. The topological polar surface area (TPSA) is 92.4 Å². The number of fused-ring (bicyclic) bond motifs is 1. The van der Waals surface area contributed by atoms with Crippen LogP contribution in [0.5, 0.6) is 0 Å². The Hall–Kier alpha value is -2.28. The van der Waals surface area contributed by atoms with E-state index in [1.807, 2.05) is 34.9 Å². The summed E-state index contributed by atoms with van der Waals surface area (Å²) < 4.78 is 1.84. The smallest absolute Gasteiger partial charge is 0.313 e. The number of hydrogen-bond acceptors (Lipinski definition) is 4. The van der Waals surface area contributed by atoms with Crippen LogP contribution in [0.1, 0.15) is 18.0 Å². The molecule has 0 amide bonds. The average Bonchev–Trinajstić information content (AvgIpc) is 3.06. The Labute approximate surface area is 130 Å². The molecule has 0 saturated carbocycles. The second-order valence-electron chi connectivity index (χ2n) is 4.98. The number of benzene rings is 1. The van der Waals surface area contributed by atoms with Gasteiger partial charge in [-0.05, 0) is 0 Å². The van der Waals surface area contributed by atoms with Crippen molar-refractivity contribution in [2.45, 2.75) is 24.0 Å². The number of thioether (sulfide) groups is 1. The van der Waals surface area contributed by atoms with Crippen LogP contribution < -0.4 is 0 Å². The van der Waals surface area contributed by atoms with Crippen molar-refractivity contribution in [3.8, 4) is 11.3 Å². The van der Waals surface area contributed by atoms with Crippen LogP contribution >= 0.6 is 11.8 Å². The van der Waals surface area contributed by atoms with Crippen molar-refractivity contribution in [1.82, 2.24) is 9.55 Å². The standard InChI is InChI=1S/C15H14N2O4S/c18-11(19)8-10(14(20)21)13-12(9-4-2-1-3-5-9)16-15-17(13)6-7-22-15/h1-5,10H,6-8H2,(H,18,19)(H,20,21). The zero-order valence-electron chi connectivity index (χ0n) is 11.6. The van der Waals surface area contributed by atoms with Crippen LogP contribution in [0.15, 0.2) is 35.5 Å². The van der Waals surface area contributed by atoms with Gasteiger partial charge in [-0.2, -0.15) is 0 Å². The molecule has 2 N–H and O–H groups in total. The van der Waals surface area contributed by atoms with Gasteiger partial charge < -0.3 is 14.8 Å². The lowest BCUT2D eigenvalue weighted by Gasteiger charge is -2.14. The molecule has 1 aromatic carbocycles. The number of aliphatic carboxylic acids is 2. The second kappa shape index (κ2) is 5.84. The molecule has 1 atom stereocenters. The molecule has 0 saturated heterocycles. The number of rotatable bonds is 5. The molecule has 2 aromatic rings. The van der Waals surface area contributed by atoms with Gasteiger partial charge in [-0.25, -0.2) is 4.98 Å². The number of aromatic nitrogens is 2. The SMILES string of the molecule is O=C(O)CC(C(=O)O)c1c(-c2ccccc2)nc2n1CCS2. The van der Waals surface area contributed by atoms with E-state index in [2.05, 4.69) is 4.98 Å². The summed E-state index contributed by atoms with van der Waals surface area (Å²) in [5, 5.41) is 19.3. The monoisotopic (exact) mass is 318 g/mol. The Kier molecular flexibility index (Phi) is 3.89. The van der Waals surface area contributed by atoms with Gasteiger partial charge in [-0.1, -0.05) is 42.1 Å². The fourth-order valence-electron chi connectivity index (χ4n) is 2.64. The van der Waals surface area contributed by atoms with Gasteiger partial charge in [0.2, 0.25) is 0 Å². The van der Waals surface area contributed by atoms with E-state index in [1.165, 1.54) is 0 Å². The normalized spacial score (nSPS) is 14.5. The van der Waals surface area contributed by atoms with Crippen molar-refractivity contribution in [2.75, 3.05) is 5.75 Å². The summed E-state index contributed by atoms with van der Waals surface area (Å²) in [6.07, 6.45) is -0.453. The van der Waals surface area contributed by atoms with Crippen LogP contribution in [0.2, 0.25) is 0 Å². The summed E-state index contributed by atoms with van der Waals surface area (Å²) in [6.45, 7) is 0.651. The largest absolute Gasteiger partial charge is 0.481 e. The van der Waals surface area contributed by atoms with E-state index >= 15 is 0 Å². The number of nitrogens with zero attached hydrogens (tertiary/aromatic N) is 2.